The van der Waals surface area contributed by atoms with Gasteiger partial charge in [0.15, 0.2) is 0 Å². The van der Waals surface area contributed by atoms with Crippen LogP contribution in [0.2, 0.25) is 0 Å². The second-order valence-corrected chi connectivity index (χ2v) is 3.72. The van der Waals surface area contributed by atoms with Gasteiger partial charge >= 0.3 is 0 Å². The van der Waals surface area contributed by atoms with Gasteiger partial charge in [-0.2, -0.15) is 0 Å². The zero-order valence-corrected chi connectivity index (χ0v) is 9.08. The van der Waals surface area contributed by atoms with Crippen LogP contribution in [-0.4, -0.2) is 19.3 Å². The van der Waals surface area contributed by atoms with Crippen molar-refractivity contribution < 1.29 is 9.13 Å². The number of nitrogens with two attached hydrogens (primary N) is 1. The normalized spacial score (nSPS) is 12.5. The third-order valence-electron chi connectivity index (χ3n) is 2.03. The minimum Gasteiger partial charge on any atom is -0.494 e. The molecule has 1 aromatic rings. The molecule has 1 rings (SSSR count). The van der Waals surface area contributed by atoms with Crippen LogP contribution in [0.5, 0.6) is 5.75 Å². The van der Waals surface area contributed by atoms with Crippen molar-refractivity contribution in [2.24, 2.45) is 5.73 Å². The second kappa shape index (κ2) is 6.40. The molecular weight excluding hydrogens is 193 g/mol. The van der Waals surface area contributed by atoms with Crippen LogP contribution >= 0.6 is 0 Å². The van der Waals surface area contributed by atoms with Crippen LogP contribution in [0.4, 0.5) is 4.39 Å². The Morgan fingerprint density at radius 2 is 2.00 bits per heavy atom. The van der Waals surface area contributed by atoms with Crippen LogP contribution < -0.4 is 10.5 Å². The van der Waals surface area contributed by atoms with Crippen LogP contribution in [0.3, 0.4) is 0 Å². The Bertz CT molecular complexity index is 271. The third-order valence-corrected chi connectivity index (χ3v) is 2.03. The van der Waals surface area contributed by atoms with Crippen molar-refractivity contribution in [1.29, 1.82) is 0 Å². The molecule has 1 aromatic carbocycles. The predicted molar refractivity (Wildman–Crippen MR) is 59.9 cm³/mol. The summed E-state index contributed by atoms with van der Waals surface area (Å²) in [7, 11) is 0. The van der Waals surface area contributed by atoms with Gasteiger partial charge in [-0.25, -0.2) is 0 Å². The molecule has 0 saturated carbocycles. The first-order valence-corrected chi connectivity index (χ1v) is 5.25. The van der Waals surface area contributed by atoms with Crippen molar-refractivity contribution in [2.75, 3.05) is 13.3 Å². The predicted octanol–water partition coefficient (Wildman–Crippen LogP) is 2.31. The van der Waals surface area contributed by atoms with E-state index in [1.165, 1.54) is 5.56 Å². The van der Waals surface area contributed by atoms with Gasteiger partial charge in [0.25, 0.3) is 0 Å². The number of halogens is 1. The summed E-state index contributed by atoms with van der Waals surface area (Å²) in [6, 6.07) is 7.96. The van der Waals surface area contributed by atoms with Gasteiger partial charge in [-0.15, -0.1) is 0 Å². The van der Waals surface area contributed by atoms with Gasteiger partial charge in [0.2, 0.25) is 0 Å². The summed E-state index contributed by atoms with van der Waals surface area (Å²) in [5, 5.41) is 0. The van der Waals surface area contributed by atoms with E-state index in [-0.39, 0.29) is 12.7 Å². The lowest BCUT2D eigenvalue weighted by Crippen LogP contribution is -2.17. The lowest BCUT2D eigenvalue weighted by Gasteiger charge is -2.07. The first-order valence-electron chi connectivity index (χ1n) is 5.25. The van der Waals surface area contributed by atoms with Gasteiger partial charge in [-0.1, -0.05) is 12.1 Å². The number of hydrogen-bond acceptors (Lipinski definition) is 2. The fourth-order valence-electron chi connectivity index (χ4n) is 1.34. The quantitative estimate of drug-likeness (QED) is 0.733. The molecule has 0 aliphatic carbocycles. The highest BCUT2D eigenvalue weighted by Gasteiger charge is 1.98. The maximum absolute atomic E-state index is 11.8. The van der Waals surface area contributed by atoms with Gasteiger partial charge in [0.05, 0.1) is 13.3 Å². The van der Waals surface area contributed by atoms with Crippen molar-refractivity contribution in [2.45, 2.75) is 25.8 Å². The Kier molecular flexibility index (Phi) is 5.12. The average molecular weight is 211 g/mol. The SMILES string of the molecule is CC(N)Cc1ccc(OCCCF)cc1. The summed E-state index contributed by atoms with van der Waals surface area (Å²) in [6.07, 6.45) is 1.31. The number of benzene rings is 1. The maximum atomic E-state index is 11.8. The van der Waals surface area contributed by atoms with Crippen LogP contribution in [0.25, 0.3) is 0 Å². The average Bonchev–Trinajstić information content (AvgIpc) is 2.20. The van der Waals surface area contributed by atoms with E-state index in [0.717, 1.165) is 12.2 Å². The van der Waals surface area contributed by atoms with Gasteiger partial charge < -0.3 is 10.5 Å². The van der Waals surface area contributed by atoms with E-state index in [4.69, 9.17) is 10.5 Å². The molecule has 0 aromatic heterocycles. The summed E-state index contributed by atoms with van der Waals surface area (Å²) >= 11 is 0. The summed E-state index contributed by atoms with van der Waals surface area (Å²) in [5.74, 6) is 0.789. The highest BCUT2D eigenvalue weighted by molar-refractivity contribution is 5.27. The van der Waals surface area contributed by atoms with E-state index in [9.17, 15) is 4.39 Å². The first kappa shape index (κ1) is 12.0. The highest BCUT2D eigenvalue weighted by Crippen LogP contribution is 2.13. The molecule has 84 valence electrons. The summed E-state index contributed by atoms with van der Waals surface area (Å²) in [4.78, 5) is 0. The molecule has 1 atom stereocenters. The number of alkyl halides is 1. The van der Waals surface area contributed by atoms with E-state index in [1.54, 1.807) is 0 Å². The molecule has 0 heterocycles. The van der Waals surface area contributed by atoms with Crippen molar-refractivity contribution in [3.05, 3.63) is 29.8 Å². The zero-order chi connectivity index (χ0) is 11.1. The minimum absolute atomic E-state index is 0.170. The van der Waals surface area contributed by atoms with E-state index in [0.29, 0.717) is 13.0 Å². The first-order chi connectivity index (χ1) is 7.22. The van der Waals surface area contributed by atoms with Crippen molar-refractivity contribution in [1.82, 2.24) is 0 Å². The molecule has 0 aliphatic rings. The van der Waals surface area contributed by atoms with Crippen molar-refractivity contribution in [3.63, 3.8) is 0 Å². The lowest BCUT2D eigenvalue weighted by atomic mass is 10.1. The monoisotopic (exact) mass is 211 g/mol. The largest absolute Gasteiger partial charge is 0.494 e. The summed E-state index contributed by atoms with van der Waals surface area (Å²) < 4.78 is 17.1. The molecular formula is C12H18FNO. The molecule has 0 amide bonds. The molecule has 2 N–H and O–H groups in total. The van der Waals surface area contributed by atoms with Crippen LogP contribution in [0.15, 0.2) is 24.3 Å². The smallest absolute Gasteiger partial charge is 0.119 e. The molecule has 0 radical (unpaired) electrons. The number of ether oxygens (including phenoxy) is 1. The van der Waals surface area contributed by atoms with E-state index in [2.05, 4.69) is 0 Å². The van der Waals surface area contributed by atoms with Crippen LogP contribution in [-0.2, 0) is 6.42 Å². The number of hydrogen-bond donors (Lipinski definition) is 1. The van der Waals surface area contributed by atoms with Gasteiger partial charge in [-0.05, 0) is 31.0 Å². The molecule has 15 heavy (non-hydrogen) atoms. The van der Waals surface area contributed by atoms with Gasteiger partial charge in [-0.3, -0.25) is 4.39 Å². The van der Waals surface area contributed by atoms with Crippen LogP contribution in [0.1, 0.15) is 18.9 Å². The topological polar surface area (TPSA) is 35.2 Å². The van der Waals surface area contributed by atoms with Gasteiger partial charge in [0.1, 0.15) is 5.75 Å². The molecule has 2 nitrogen and oxygen atoms in total. The maximum Gasteiger partial charge on any atom is 0.119 e. The second-order valence-electron chi connectivity index (χ2n) is 3.72. The Labute approximate surface area is 90.2 Å². The molecule has 3 heteroatoms. The third kappa shape index (κ3) is 4.79. The Hall–Kier alpha value is -1.09. The van der Waals surface area contributed by atoms with Crippen molar-refractivity contribution in [3.8, 4) is 5.75 Å². The molecule has 0 saturated heterocycles. The molecule has 0 bridgehead atoms. The Balaban J connectivity index is 2.42. The molecule has 1 unspecified atom stereocenters. The molecule has 0 spiro atoms. The summed E-state index contributed by atoms with van der Waals surface area (Å²) in [5.41, 5.74) is 6.88. The Morgan fingerprint density at radius 1 is 1.33 bits per heavy atom. The van der Waals surface area contributed by atoms with E-state index >= 15 is 0 Å². The standard InChI is InChI=1S/C12H18FNO/c1-10(14)9-11-3-5-12(6-4-11)15-8-2-7-13/h3-6,10H,2,7-9,14H2,1H3. The fraction of sp³-hybridized carbons (Fsp3) is 0.500. The zero-order valence-electron chi connectivity index (χ0n) is 9.08. The van der Waals surface area contributed by atoms with Crippen molar-refractivity contribution >= 4 is 0 Å². The molecule has 0 aliphatic heterocycles. The van der Waals surface area contributed by atoms with E-state index in [1.807, 2.05) is 31.2 Å². The van der Waals surface area contributed by atoms with E-state index < -0.39 is 0 Å². The highest BCUT2D eigenvalue weighted by atomic mass is 19.1. The lowest BCUT2D eigenvalue weighted by molar-refractivity contribution is 0.289. The molecule has 0 fully saturated rings. The van der Waals surface area contributed by atoms with Crippen LogP contribution in [0, 0.1) is 0 Å². The fourth-order valence-corrected chi connectivity index (χ4v) is 1.34. The number of rotatable bonds is 6. The minimum atomic E-state index is -0.331. The summed E-state index contributed by atoms with van der Waals surface area (Å²) in [6.45, 7) is 2.08. The van der Waals surface area contributed by atoms with Gasteiger partial charge in [0, 0.05) is 12.5 Å². The Morgan fingerprint density at radius 3 is 2.53 bits per heavy atom.